The summed E-state index contributed by atoms with van der Waals surface area (Å²) in [6, 6.07) is 0. The first-order valence-corrected chi connectivity index (χ1v) is 4.19. The Labute approximate surface area is 56.7 Å². The fraction of sp³-hybridized carbons (Fsp3) is 1.00. The highest BCUT2D eigenvalue weighted by molar-refractivity contribution is 7.79. The average molecular weight is 150 g/mol. The highest BCUT2D eigenvalue weighted by Crippen LogP contribution is 2.13. The van der Waals surface area contributed by atoms with Crippen molar-refractivity contribution in [3.05, 3.63) is 0 Å². The molecule has 2 atom stereocenters. The second-order valence-electron chi connectivity index (χ2n) is 2.07. The van der Waals surface area contributed by atoms with Crippen molar-refractivity contribution in [2.45, 2.75) is 24.7 Å². The van der Waals surface area contributed by atoms with Gasteiger partial charge in [0, 0.05) is 6.61 Å². The van der Waals surface area contributed by atoms with Crippen molar-refractivity contribution in [1.29, 1.82) is 0 Å². The van der Waals surface area contributed by atoms with E-state index in [1.54, 1.807) is 0 Å². The summed E-state index contributed by atoms with van der Waals surface area (Å²) in [6.07, 6.45) is 2.76. The van der Waals surface area contributed by atoms with E-state index in [-0.39, 0.29) is 0 Å². The minimum absolute atomic E-state index is 0.418. The second kappa shape index (κ2) is 3.29. The largest absolute Gasteiger partial charge is 0.362 e. The van der Waals surface area contributed by atoms with Gasteiger partial charge in [0.2, 0.25) is 0 Å². The zero-order valence-electron chi connectivity index (χ0n) is 5.08. The van der Waals surface area contributed by atoms with E-state index < -0.39 is 16.5 Å². The lowest BCUT2D eigenvalue weighted by molar-refractivity contribution is 0.0652. The van der Waals surface area contributed by atoms with E-state index >= 15 is 0 Å². The SMILES string of the molecule is O=S(O)C1CCCCO1. The van der Waals surface area contributed by atoms with Gasteiger partial charge in [-0.1, -0.05) is 0 Å². The fourth-order valence-corrected chi connectivity index (χ4v) is 1.45. The molecule has 0 radical (unpaired) electrons. The van der Waals surface area contributed by atoms with Crippen molar-refractivity contribution in [2.75, 3.05) is 6.61 Å². The predicted octanol–water partition coefficient (Wildman–Crippen LogP) is 0.735. The summed E-state index contributed by atoms with van der Waals surface area (Å²) in [7, 11) is 0. The molecule has 1 saturated heterocycles. The van der Waals surface area contributed by atoms with E-state index in [0.717, 1.165) is 19.3 Å². The molecule has 2 unspecified atom stereocenters. The summed E-state index contributed by atoms with van der Waals surface area (Å²) in [5.41, 5.74) is -0.418. The molecule has 1 aliphatic rings. The van der Waals surface area contributed by atoms with Crippen LogP contribution in [0.25, 0.3) is 0 Å². The third-order valence-electron chi connectivity index (χ3n) is 1.36. The molecule has 0 aliphatic carbocycles. The van der Waals surface area contributed by atoms with Gasteiger partial charge in [0.05, 0.1) is 0 Å². The molecule has 1 N–H and O–H groups in total. The molecule has 9 heavy (non-hydrogen) atoms. The van der Waals surface area contributed by atoms with Crippen LogP contribution in [0.2, 0.25) is 0 Å². The van der Waals surface area contributed by atoms with Crippen LogP contribution in [0.3, 0.4) is 0 Å². The topological polar surface area (TPSA) is 46.5 Å². The lowest BCUT2D eigenvalue weighted by Gasteiger charge is -2.18. The van der Waals surface area contributed by atoms with Gasteiger partial charge < -0.3 is 9.29 Å². The lowest BCUT2D eigenvalue weighted by atomic mass is 10.2. The van der Waals surface area contributed by atoms with Gasteiger partial charge in [0.25, 0.3) is 0 Å². The Morgan fingerprint density at radius 1 is 1.56 bits per heavy atom. The predicted molar refractivity (Wildman–Crippen MR) is 34.4 cm³/mol. The van der Waals surface area contributed by atoms with Crippen LogP contribution in [0.1, 0.15) is 19.3 Å². The molecule has 1 heterocycles. The maximum atomic E-state index is 10.3. The minimum Gasteiger partial charge on any atom is -0.362 e. The molecule has 54 valence electrons. The van der Waals surface area contributed by atoms with Gasteiger partial charge in [-0.05, 0) is 19.3 Å². The Morgan fingerprint density at radius 2 is 2.33 bits per heavy atom. The Kier molecular flexibility index (Phi) is 2.63. The van der Waals surface area contributed by atoms with Gasteiger partial charge in [-0.15, -0.1) is 0 Å². The van der Waals surface area contributed by atoms with Crippen molar-refractivity contribution in [3.8, 4) is 0 Å². The van der Waals surface area contributed by atoms with E-state index in [0.29, 0.717) is 6.61 Å². The summed E-state index contributed by atoms with van der Waals surface area (Å²) in [5, 5.41) is 0. The van der Waals surface area contributed by atoms with E-state index in [4.69, 9.17) is 9.29 Å². The van der Waals surface area contributed by atoms with Crippen LogP contribution in [0, 0.1) is 0 Å². The monoisotopic (exact) mass is 150 g/mol. The standard InChI is InChI=1S/C5H10O3S/c6-9(7)5-3-1-2-4-8-5/h5H,1-4H2,(H,6,7). The van der Waals surface area contributed by atoms with Crippen molar-refractivity contribution in [2.24, 2.45) is 0 Å². The molecular weight excluding hydrogens is 140 g/mol. The number of hydrogen-bond donors (Lipinski definition) is 1. The minimum atomic E-state index is -1.77. The van der Waals surface area contributed by atoms with E-state index in [2.05, 4.69) is 0 Å². The summed E-state index contributed by atoms with van der Waals surface area (Å²) < 4.78 is 23.9. The molecule has 0 saturated carbocycles. The van der Waals surface area contributed by atoms with Crippen molar-refractivity contribution >= 4 is 11.1 Å². The normalized spacial score (nSPS) is 31.9. The van der Waals surface area contributed by atoms with E-state index in [1.165, 1.54) is 0 Å². The molecule has 0 aromatic carbocycles. The van der Waals surface area contributed by atoms with E-state index in [1.807, 2.05) is 0 Å². The molecule has 0 aromatic rings. The number of rotatable bonds is 1. The van der Waals surface area contributed by atoms with Gasteiger partial charge in [0.1, 0.15) is 0 Å². The first-order valence-electron chi connectivity index (χ1n) is 3.02. The summed E-state index contributed by atoms with van der Waals surface area (Å²) in [6.45, 7) is 0.636. The first-order chi connectivity index (χ1) is 4.30. The molecule has 1 rings (SSSR count). The zero-order valence-corrected chi connectivity index (χ0v) is 5.89. The summed E-state index contributed by atoms with van der Waals surface area (Å²) in [5.74, 6) is 0. The molecule has 1 fully saturated rings. The molecule has 0 spiro atoms. The van der Waals surface area contributed by atoms with Crippen molar-refractivity contribution < 1.29 is 13.5 Å². The van der Waals surface area contributed by atoms with Crippen molar-refractivity contribution in [1.82, 2.24) is 0 Å². The van der Waals surface area contributed by atoms with E-state index in [9.17, 15) is 4.21 Å². The Hall–Kier alpha value is 0.0700. The van der Waals surface area contributed by atoms with Gasteiger partial charge in [0.15, 0.2) is 16.5 Å². The van der Waals surface area contributed by atoms with Crippen LogP contribution >= 0.6 is 0 Å². The van der Waals surface area contributed by atoms with Crippen LogP contribution in [0.5, 0.6) is 0 Å². The highest BCUT2D eigenvalue weighted by Gasteiger charge is 2.18. The Morgan fingerprint density at radius 3 is 2.67 bits per heavy atom. The average Bonchev–Trinajstić information content (AvgIpc) is 1.90. The quantitative estimate of drug-likeness (QED) is 0.561. The third kappa shape index (κ3) is 2.04. The Bertz CT molecular complexity index is 109. The first kappa shape index (κ1) is 7.18. The van der Waals surface area contributed by atoms with Crippen LogP contribution in [0.15, 0.2) is 0 Å². The molecule has 1 aliphatic heterocycles. The van der Waals surface area contributed by atoms with Gasteiger partial charge in [-0.3, -0.25) is 0 Å². The maximum absolute atomic E-state index is 10.3. The third-order valence-corrected chi connectivity index (χ3v) is 2.18. The lowest BCUT2D eigenvalue weighted by Crippen LogP contribution is -2.23. The molecule has 3 nitrogen and oxygen atoms in total. The summed E-state index contributed by atoms with van der Waals surface area (Å²) in [4.78, 5) is 0. The Balaban J connectivity index is 2.31. The molecular formula is C5H10O3S. The van der Waals surface area contributed by atoms with Gasteiger partial charge in [-0.2, -0.15) is 0 Å². The zero-order chi connectivity index (χ0) is 6.69. The molecule has 4 heteroatoms. The number of hydrogen-bond acceptors (Lipinski definition) is 2. The number of ether oxygens (including phenoxy) is 1. The molecule has 0 aromatic heterocycles. The van der Waals surface area contributed by atoms with Crippen LogP contribution in [0.4, 0.5) is 0 Å². The van der Waals surface area contributed by atoms with Crippen molar-refractivity contribution in [3.63, 3.8) is 0 Å². The van der Waals surface area contributed by atoms with Crippen LogP contribution in [-0.4, -0.2) is 20.8 Å². The van der Waals surface area contributed by atoms with Crippen LogP contribution < -0.4 is 0 Å². The maximum Gasteiger partial charge on any atom is 0.182 e. The molecule has 0 amide bonds. The van der Waals surface area contributed by atoms with Gasteiger partial charge >= 0.3 is 0 Å². The highest BCUT2D eigenvalue weighted by atomic mass is 32.2. The van der Waals surface area contributed by atoms with Gasteiger partial charge in [-0.25, -0.2) is 4.21 Å². The summed E-state index contributed by atoms with van der Waals surface area (Å²) >= 11 is -1.77. The molecule has 0 bridgehead atoms. The second-order valence-corrected chi connectivity index (χ2v) is 3.15. The smallest absolute Gasteiger partial charge is 0.182 e. The van der Waals surface area contributed by atoms with Crippen LogP contribution in [-0.2, 0) is 15.8 Å². The fourth-order valence-electron chi connectivity index (χ4n) is 0.870.